The van der Waals surface area contributed by atoms with E-state index >= 15 is 0 Å². The average molecular weight is 330 g/mol. The van der Waals surface area contributed by atoms with Crippen molar-refractivity contribution >= 4 is 5.96 Å². The lowest BCUT2D eigenvalue weighted by molar-refractivity contribution is 0.191. The summed E-state index contributed by atoms with van der Waals surface area (Å²) in [5.74, 6) is 0.562. The molecule has 2 N–H and O–H groups in total. The minimum absolute atomic E-state index is 0.157. The van der Waals surface area contributed by atoms with E-state index in [1.54, 1.807) is 31.4 Å². The first-order valence-electron chi connectivity index (χ1n) is 7.98. The van der Waals surface area contributed by atoms with Crippen LogP contribution in [0.15, 0.2) is 53.7 Å². The Hall–Kier alpha value is -2.63. The Morgan fingerprint density at radius 1 is 1.21 bits per heavy atom. The Bertz CT molecular complexity index is 648. The van der Waals surface area contributed by atoms with E-state index in [9.17, 15) is 4.39 Å². The Balaban J connectivity index is 1.83. The number of hydrogen-bond acceptors (Lipinski definition) is 3. The molecule has 0 aliphatic heterocycles. The minimum Gasteiger partial charge on any atom is -0.486 e. The molecule has 6 heteroatoms. The quantitative estimate of drug-likeness (QED) is 0.605. The number of para-hydroxylation sites is 1. The maximum atomic E-state index is 13.7. The molecule has 2 rings (SSSR count). The standard InChI is InChI=1S/C18H23FN4O/c1-3-15(24-17-10-5-4-9-16(17)19)13-23-18(20-2)22-12-14-8-6-7-11-21-14/h4-11,15H,3,12-13H2,1-2H3,(H2,20,22,23). The first-order valence-corrected chi connectivity index (χ1v) is 7.98. The van der Waals surface area contributed by atoms with Gasteiger partial charge in [0.05, 0.1) is 18.8 Å². The van der Waals surface area contributed by atoms with E-state index in [0.717, 1.165) is 12.1 Å². The molecule has 0 spiro atoms. The molecule has 1 aromatic heterocycles. The summed E-state index contributed by atoms with van der Waals surface area (Å²) in [6, 6.07) is 12.2. The monoisotopic (exact) mass is 330 g/mol. The van der Waals surface area contributed by atoms with Gasteiger partial charge in [0.25, 0.3) is 0 Å². The zero-order valence-corrected chi connectivity index (χ0v) is 14.0. The second-order valence-corrected chi connectivity index (χ2v) is 5.21. The molecule has 0 bridgehead atoms. The lowest BCUT2D eigenvalue weighted by Crippen LogP contribution is -2.42. The first-order chi connectivity index (χ1) is 11.7. The van der Waals surface area contributed by atoms with Crippen molar-refractivity contribution in [2.24, 2.45) is 4.99 Å². The van der Waals surface area contributed by atoms with E-state index in [1.165, 1.54) is 6.07 Å². The van der Waals surface area contributed by atoms with Gasteiger partial charge in [0.1, 0.15) is 6.10 Å². The van der Waals surface area contributed by atoms with E-state index in [0.29, 0.717) is 19.0 Å². The van der Waals surface area contributed by atoms with Gasteiger partial charge in [-0.05, 0) is 30.7 Å². The van der Waals surface area contributed by atoms with E-state index < -0.39 is 0 Å². The van der Waals surface area contributed by atoms with Crippen LogP contribution in [0.4, 0.5) is 4.39 Å². The maximum absolute atomic E-state index is 13.7. The molecular weight excluding hydrogens is 307 g/mol. The van der Waals surface area contributed by atoms with Gasteiger partial charge >= 0.3 is 0 Å². The summed E-state index contributed by atoms with van der Waals surface area (Å²) in [7, 11) is 1.70. The molecule has 128 valence electrons. The molecule has 0 saturated carbocycles. The highest BCUT2D eigenvalue weighted by atomic mass is 19.1. The van der Waals surface area contributed by atoms with Crippen molar-refractivity contribution in [2.75, 3.05) is 13.6 Å². The Labute approximate surface area is 142 Å². The lowest BCUT2D eigenvalue weighted by atomic mass is 10.2. The van der Waals surface area contributed by atoms with Crippen LogP contribution in [0.25, 0.3) is 0 Å². The number of ether oxygens (including phenoxy) is 1. The van der Waals surface area contributed by atoms with Crippen LogP contribution in [0.1, 0.15) is 19.0 Å². The largest absolute Gasteiger partial charge is 0.486 e. The summed E-state index contributed by atoms with van der Waals surface area (Å²) in [4.78, 5) is 8.42. The van der Waals surface area contributed by atoms with Gasteiger partial charge in [-0.2, -0.15) is 0 Å². The summed E-state index contributed by atoms with van der Waals surface area (Å²) in [6.45, 7) is 3.09. The van der Waals surface area contributed by atoms with Gasteiger partial charge in [-0.25, -0.2) is 4.39 Å². The molecule has 0 saturated heterocycles. The van der Waals surface area contributed by atoms with Gasteiger partial charge in [-0.3, -0.25) is 9.98 Å². The number of benzene rings is 1. The van der Waals surface area contributed by atoms with Crippen molar-refractivity contribution in [1.29, 1.82) is 0 Å². The Morgan fingerprint density at radius 2 is 2.00 bits per heavy atom. The van der Waals surface area contributed by atoms with Crippen LogP contribution < -0.4 is 15.4 Å². The third kappa shape index (κ3) is 5.53. The van der Waals surface area contributed by atoms with Crippen LogP contribution in [0.3, 0.4) is 0 Å². The van der Waals surface area contributed by atoms with Gasteiger partial charge in [0.2, 0.25) is 0 Å². The molecule has 1 unspecified atom stereocenters. The summed E-state index contributed by atoms with van der Waals surface area (Å²) in [5, 5.41) is 6.38. The molecule has 0 aliphatic carbocycles. The predicted molar refractivity (Wildman–Crippen MR) is 93.5 cm³/mol. The SMILES string of the molecule is CCC(CNC(=NC)NCc1ccccn1)Oc1ccccc1F. The van der Waals surface area contributed by atoms with Crippen molar-refractivity contribution in [3.05, 3.63) is 60.2 Å². The molecular formula is C18H23FN4O. The fraction of sp³-hybridized carbons (Fsp3) is 0.333. The molecule has 5 nitrogen and oxygen atoms in total. The number of aromatic nitrogens is 1. The van der Waals surface area contributed by atoms with Crippen molar-refractivity contribution in [3.8, 4) is 5.75 Å². The number of halogens is 1. The number of hydrogen-bond donors (Lipinski definition) is 2. The highest BCUT2D eigenvalue weighted by Gasteiger charge is 2.11. The van der Waals surface area contributed by atoms with Crippen LogP contribution in [0.2, 0.25) is 0 Å². The number of rotatable bonds is 7. The number of nitrogens with zero attached hydrogens (tertiary/aromatic N) is 2. The summed E-state index contributed by atoms with van der Waals surface area (Å²) < 4.78 is 19.4. The van der Waals surface area contributed by atoms with Gasteiger partial charge in [0, 0.05) is 13.2 Å². The minimum atomic E-state index is -0.353. The molecule has 24 heavy (non-hydrogen) atoms. The highest BCUT2D eigenvalue weighted by molar-refractivity contribution is 5.79. The summed E-state index contributed by atoms with van der Waals surface area (Å²) in [6.07, 6.45) is 2.34. The second-order valence-electron chi connectivity index (χ2n) is 5.21. The van der Waals surface area contributed by atoms with Crippen molar-refractivity contribution in [2.45, 2.75) is 26.0 Å². The third-order valence-corrected chi connectivity index (χ3v) is 3.47. The fourth-order valence-corrected chi connectivity index (χ4v) is 2.10. The second kappa shape index (κ2) is 9.50. The fourth-order valence-electron chi connectivity index (χ4n) is 2.10. The molecule has 0 aliphatic rings. The van der Waals surface area contributed by atoms with Crippen LogP contribution in [0, 0.1) is 5.82 Å². The van der Waals surface area contributed by atoms with Crippen molar-refractivity contribution in [3.63, 3.8) is 0 Å². The van der Waals surface area contributed by atoms with E-state index in [-0.39, 0.29) is 17.7 Å². The number of pyridine rings is 1. The molecule has 1 heterocycles. The lowest BCUT2D eigenvalue weighted by Gasteiger charge is -2.20. The Kier molecular flexibility index (Phi) is 7.01. The third-order valence-electron chi connectivity index (χ3n) is 3.47. The molecule has 1 aromatic carbocycles. The van der Waals surface area contributed by atoms with E-state index in [1.807, 2.05) is 25.1 Å². The molecule has 1 atom stereocenters. The molecule has 2 aromatic rings. The first kappa shape index (κ1) is 17.7. The van der Waals surface area contributed by atoms with E-state index in [2.05, 4.69) is 20.6 Å². The normalized spacial score (nSPS) is 12.5. The molecule has 0 radical (unpaired) electrons. The predicted octanol–water partition coefficient (Wildman–Crippen LogP) is 2.74. The highest BCUT2D eigenvalue weighted by Crippen LogP contribution is 2.17. The maximum Gasteiger partial charge on any atom is 0.191 e. The topological polar surface area (TPSA) is 58.5 Å². The van der Waals surface area contributed by atoms with Crippen molar-refractivity contribution < 1.29 is 9.13 Å². The zero-order valence-electron chi connectivity index (χ0n) is 14.0. The number of aliphatic imine (C=N–C) groups is 1. The summed E-state index contributed by atoms with van der Waals surface area (Å²) >= 11 is 0. The van der Waals surface area contributed by atoms with Crippen LogP contribution in [-0.2, 0) is 6.54 Å². The van der Waals surface area contributed by atoms with Crippen molar-refractivity contribution in [1.82, 2.24) is 15.6 Å². The Morgan fingerprint density at radius 3 is 2.67 bits per heavy atom. The van der Waals surface area contributed by atoms with Gasteiger partial charge in [-0.15, -0.1) is 0 Å². The number of guanidine groups is 1. The smallest absolute Gasteiger partial charge is 0.191 e. The van der Waals surface area contributed by atoms with Gasteiger partial charge < -0.3 is 15.4 Å². The summed E-state index contributed by atoms with van der Waals surface area (Å²) in [5.41, 5.74) is 0.926. The zero-order chi connectivity index (χ0) is 17.2. The van der Waals surface area contributed by atoms with Gasteiger partial charge in [0.15, 0.2) is 17.5 Å². The van der Waals surface area contributed by atoms with Crippen LogP contribution in [0.5, 0.6) is 5.75 Å². The van der Waals surface area contributed by atoms with Crippen LogP contribution >= 0.6 is 0 Å². The molecule has 0 amide bonds. The van der Waals surface area contributed by atoms with E-state index in [4.69, 9.17) is 4.74 Å². The average Bonchev–Trinajstić information content (AvgIpc) is 2.63. The van der Waals surface area contributed by atoms with Crippen LogP contribution in [-0.4, -0.2) is 30.6 Å². The van der Waals surface area contributed by atoms with Gasteiger partial charge in [-0.1, -0.05) is 25.1 Å². The molecule has 0 fully saturated rings. The number of nitrogens with one attached hydrogen (secondary N) is 2.